The van der Waals surface area contributed by atoms with Crippen molar-refractivity contribution in [3.63, 3.8) is 0 Å². The van der Waals surface area contributed by atoms with Gasteiger partial charge < -0.3 is 14.8 Å². The van der Waals surface area contributed by atoms with E-state index in [4.69, 9.17) is 4.74 Å². The predicted molar refractivity (Wildman–Crippen MR) is 125 cm³/mol. The molecular formula is C25H29F2N3O4. The van der Waals surface area contributed by atoms with Crippen LogP contribution in [-0.4, -0.2) is 36.3 Å². The van der Waals surface area contributed by atoms with E-state index in [-0.39, 0.29) is 42.2 Å². The maximum absolute atomic E-state index is 12.9. The predicted octanol–water partition coefficient (Wildman–Crippen LogP) is 5.20. The molecule has 0 radical (unpaired) electrons. The van der Waals surface area contributed by atoms with Crippen LogP contribution >= 0.6 is 0 Å². The van der Waals surface area contributed by atoms with E-state index in [1.165, 1.54) is 18.2 Å². The number of ether oxygens (including phenoxy) is 2. The third-order valence-electron chi connectivity index (χ3n) is 5.54. The van der Waals surface area contributed by atoms with Crippen LogP contribution in [0.3, 0.4) is 0 Å². The smallest absolute Gasteiger partial charge is 0.387 e. The number of amides is 2. The van der Waals surface area contributed by atoms with Gasteiger partial charge in [-0.2, -0.15) is 13.9 Å². The SMILES string of the molecule is CCCC(=O)Nc1ccc(CN2N=C(c3ccc(OC)c(OC(F)F)c3)C(CC)CC2=O)cc1. The highest BCUT2D eigenvalue weighted by Crippen LogP contribution is 2.33. The molecule has 2 aromatic carbocycles. The number of carbonyl (C=O) groups is 2. The molecule has 34 heavy (non-hydrogen) atoms. The normalized spacial score (nSPS) is 15.8. The number of hydrazone groups is 1. The Morgan fingerprint density at radius 2 is 1.91 bits per heavy atom. The summed E-state index contributed by atoms with van der Waals surface area (Å²) in [5.41, 5.74) is 2.76. The summed E-state index contributed by atoms with van der Waals surface area (Å²) in [5.74, 6) is -0.207. The molecule has 0 aliphatic carbocycles. The van der Waals surface area contributed by atoms with Crippen molar-refractivity contribution in [2.45, 2.75) is 52.7 Å². The summed E-state index contributed by atoms with van der Waals surface area (Å²) in [6.45, 7) is 1.15. The Bertz CT molecular complexity index is 1040. The van der Waals surface area contributed by atoms with Gasteiger partial charge in [-0.1, -0.05) is 26.0 Å². The lowest BCUT2D eigenvalue weighted by molar-refractivity contribution is -0.133. The number of anilines is 1. The number of benzene rings is 2. The molecule has 0 spiro atoms. The van der Waals surface area contributed by atoms with E-state index in [2.05, 4.69) is 15.2 Å². The molecule has 0 saturated heterocycles. The topological polar surface area (TPSA) is 80.2 Å². The molecule has 1 aliphatic heterocycles. The zero-order valence-electron chi connectivity index (χ0n) is 19.5. The molecule has 0 fully saturated rings. The van der Waals surface area contributed by atoms with Crippen molar-refractivity contribution >= 4 is 23.2 Å². The minimum atomic E-state index is -2.99. The van der Waals surface area contributed by atoms with Gasteiger partial charge in [-0.15, -0.1) is 0 Å². The average molecular weight is 474 g/mol. The molecule has 9 heteroatoms. The van der Waals surface area contributed by atoms with Crippen LogP contribution < -0.4 is 14.8 Å². The van der Waals surface area contributed by atoms with Crippen LogP contribution in [0.5, 0.6) is 11.5 Å². The van der Waals surface area contributed by atoms with Crippen LogP contribution in [0.1, 0.15) is 50.7 Å². The summed E-state index contributed by atoms with van der Waals surface area (Å²) in [5, 5.41) is 8.82. The monoisotopic (exact) mass is 473 g/mol. The van der Waals surface area contributed by atoms with Gasteiger partial charge in [0.25, 0.3) is 0 Å². The second kappa shape index (κ2) is 11.6. The van der Waals surface area contributed by atoms with Crippen LogP contribution in [0.2, 0.25) is 0 Å². The van der Waals surface area contributed by atoms with Crippen LogP contribution in [-0.2, 0) is 16.1 Å². The second-order valence-electron chi connectivity index (χ2n) is 7.99. The van der Waals surface area contributed by atoms with E-state index in [0.717, 1.165) is 12.0 Å². The van der Waals surface area contributed by atoms with E-state index in [1.807, 2.05) is 26.0 Å². The first-order valence-corrected chi connectivity index (χ1v) is 11.2. The van der Waals surface area contributed by atoms with Gasteiger partial charge >= 0.3 is 6.61 Å². The summed E-state index contributed by atoms with van der Waals surface area (Å²) < 4.78 is 35.5. The fourth-order valence-electron chi connectivity index (χ4n) is 3.78. The highest BCUT2D eigenvalue weighted by atomic mass is 19.3. The zero-order valence-corrected chi connectivity index (χ0v) is 19.5. The van der Waals surface area contributed by atoms with Gasteiger partial charge in [-0.3, -0.25) is 9.59 Å². The molecule has 2 amide bonds. The molecular weight excluding hydrogens is 444 g/mol. The highest BCUT2D eigenvalue weighted by molar-refractivity contribution is 6.06. The van der Waals surface area contributed by atoms with Gasteiger partial charge in [0.2, 0.25) is 11.8 Å². The van der Waals surface area contributed by atoms with E-state index in [9.17, 15) is 18.4 Å². The fourth-order valence-corrected chi connectivity index (χ4v) is 3.78. The molecule has 0 saturated carbocycles. The Morgan fingerprint density at radius 1 is 1.18 bits per heavy atom. The molecule has 2 aromatic rings. The van der Waals surface area contributed by atoms with Crippen molar-refractivity contribution in [3.05, 3.63) is 53.6 Å². The summed E-state index contributed by atoms with van der Waals surface area (Å²) in [6.07, 6.45) is 2.15. The fraction of sp³-hybridized carbons (Fsp3) is 0.400. The summed E-state index contributed by atoms with van der Waals surface area (Å²) in [6, 6.07) is 12.0. The Hall–Kier alpha value is -3.49. The first-order valence-electron chi connectivity index (χ1n) is 11.2. The molecule has 182 valence electrons. The maximum Gasteiger partial charge on any atom is 0.387 e. The molecule has 1 N–H and O–H groups in total. The van der Waals surface area contributed by atoms with Crippen LogP contribution in [0, 0.1) is 5.92 Å². The molecule has 0 aromatic heterocycles. The summed E-state index contributed by atoms with van der Waals surface area (Å²) in [7, 11) is 1.38. The quantitative estimate of drug-likeness (QED) is 0.515. The lowest BCUT2D eigenvalue weighted by atomic mass is 9.89. The van der Waals surface area contributed by atoms with Gasteiger partial charge in [0.15, 0.2) is 11.5 Å². The number of nitrogens with one attached hydrogen (secondary N) is 1. The summed E-state index contributed by atoms with van der Waals surface area (Å²) >= 11 is 0. The average Bonchev–Trinajstić information content (AvgIpc) is 2.81. The van der Waals surface area contributed by atoms with Crippen LogP contribution in [0.15, 0.2) is 47.6 Å². The van der Waals surface area contributed by atoms with Crippen molar-refractivity contribution in [3.8, 4) is 11.5 Å². The largest absolute Gasteiger partial charge is 0.493 e. The van der Waals surface area contributed by atoms with Gasteiger partial charge in [-0.05, 0) is 48.7 Å². The zero-order chi connectivity index (χ0) is 24.7. The second-order valence-corrected chi connectivity index (χ2v) is 7.99. The lowest BCUT2D eigenvalue weighted by Crippen LogP contribution is -2.36. The third-order valence-corrected chi connectivity index (χ3v) is 5.54. The molecule has 7 nitrogen and oxygen atoms in total. The first-order chi connectivity index (χ1) is 16.3. The molecule has 1 unspecified atom stereocenters. The van der Waals surface area contributed by atoms with Gasteiger partial charge in [0.1, 0.15) is 0 Å². The Balaban J connectivity index is 1.84. The van der Waals surface area contributed by atoms with E-state index < -0.39 is 6.61 Å². The van der Waals surface area contributed by atoms with E-state index >= 15 is 0 Å². The Labute approximate surface area is 197 Å². The van der Waals surface area contributed by atoms with Gasteiger partial charge in [0.05, 0.1) is 19.4 Å². The first kappa shape index (κ1) is 25.1. The van der Waals surface area contributed by atoms with Crippen LogP contribution in [0.4, 0.5) is 14.5 Å². The standard InChI is InChI=1S/C25H29F2N3O4/c1-4-6-22(31)28-19-10-7-16(8-11-19)15-30-23(32)14-17(5-2)24(29-30)18-9-12-20(33-3)21(13-18)34-25(26)27/h7-13,17,25H,4-6,14-15H2,1-3H3,(H,28,31). The minimum absolute atomic E-state index is 0.0454. The van der Waals surface area contributed by atoms with Gasteiger partial charge in [-0.25, -0.2) is 5.01 Å². The Kier molecular flexibility index (Phi) is 8.56. The molecule has 1 heterocycles. The van der Waals surface area contributed by atoms with Crippen molar-refractivity contribution in [2.75, 3.05) is 12.4 Å². The number of halogens is 2. The number of carbonyl (C=O) groups excluding carboxylic acids is 2. The maximum atomic E-state index is 12.9. The number of nitrogens with zero attached hydrogens (tertiary/aromatic N) is 2. The number of rotatable bonds is 10. The van der Waals surface area contributed by atoms with Crippen molar-refractivity contribution in [2.24, 2.45) is 11.0 Å². The Morgan fingerprint density at radius 3 is 2.53 bits per heavy atom. The number of alkyl halides is 2. The van der Waals surface area contributed by atoms with Crippen LogP contribution in [0.25, 0.3) is 0 Å². The molecule has 3 rings (SSSR count). The molecule has 0 bridgehead atoms. The van der Waals surface area contributed by atoms with E-state index in [1.54, 1.807) is 24.3 Å². The lowest BCUT2D eigenvalue weighted by Gasteiger charge is -2.29. The van der Waals surface area contributed by atoms with Gasteiger partial charge in [0, 0.05) is 30.0 Å². The molecule has 1 atom stereocenters. The molecule has 1 aliphatic rings. The van der Waals surface area contributed by atoms with Crippen molar-refractivity contribution in [1.29, 1.82) is 0 Å². The number of hydrogen-bond acceptors (Lipinski definition) is 5. The highest BCUT2D eigenvalue weighted by Gasteiger charge is 2.30. The number of hydrogen-bond donors (Lipinski definition) is 1. The van der Waals surface area contributed by atoms with E-state index in [0.29, 0.717) is 29.8 Å². The number of methoxy groups -OCH3 is 1. The third kappa shape index (κ3) is 6.30. The van der Waals surface area contributed by atoms with Crippen molar-refractivity contribution in [1.82, 2.24) is 5.01 Å². The minimum Gasteiger partial charge on any atom is -0.493 e. The summed E-state index contributed by atoms with van der Waals surface area (Å²) in [4.78, 5) is 24.5. The van der Waals surface area contributed by atoms with Crippen molar-refractivity contribution < 1.29 is 27.8 Å².